The Labute approximate surface area is 369 Å². The molecule has 0 aliphatic carbocycles. The molecule has 340 valence electrons. The Morgan fingerprint density at radius 3 is 1.68 bits per heavy atom. The van der Waals surface area contributed by atoms with Crippen molar-refractivity contribution in [2.45, 2.75) is 143 Å². The number of nitrogens with one attached hydrogen (secondary N) is 1. The van der Waals surface area contributed by atoms with E-state index in [-0.39, 0.29) is 41.1 Å². The van der Waals surface area contributed by atoms with Crippen molar-refractivity contribution in [1.82, 2.24) is 5.59 Å². The van der Waals surface area contributed by atoms with E-state index in [0.29, 0.717) is 23.9 Å². The van der Waals surface area contributed by atoms with Gasteiger partial charge in [0.05, 0.1) is 31.5 Å². The topological polar surface area (TPSA) is 100 Å². The van der Waals surface area contributed by atoms with Crippen molar-refractivity contribution in [2.75, 3.05) is 40.5 Å². The van der Waals surface area contributed by atoms with Crippen LogP contribution in [0.1, 0.15) is 148 Å². The second-order valence-corrected chi connectivity index (χ2v) is 22.6. The molecule has 0 spiro atoms. The third-order valence-electron chi connectivity index (χ3n) is 15.3. The largest absolute Gasteiger partial charge is 0.482 e. The number of ether oxygens (including phenoxy) is 3. The average molecular weight is 859 g/mol. The lowest BCUT2D eigenvalue weighted by atomic mass is 9.35. The Bertz CT molecular complexity index is 1720. The molecule has 10 heteroatoms. The third-order valence-corrected chi connectivity index (χ3v) is 15.6. The molecule has 0 radical (unpaired) electrons. The van der Waals surface area contributed by atoms with Crippen LogP contribution in [0.5, 0.6) is 5.75 Å². The number of benzene rings is 2. The zero-order valence-corrected chi connectivity index (χ0v) is 41.7. The molecule has 9 nitrogen and oxygen atoms in total. The minimum atomic E-state index is -1.12. The van der Waals surface area contributed by atoms with E-state index in [2.05, 4.69) is 147 Å². The first-order chi connectivity index (χ1) is 27.2. The SMILES string of the molecule is CCCCOC(=O)C(C)(C(C)(C)C(C)(C)C(CC(C)(C)C)c1ccccc1)C(C)(C)C(C)(C)C(C)(C(=O)OCC[N+](C)(C)NOC(=O)COc1ccc(Cl)cc1)C(C)(C)C. The molecule has 3 unspecified atom stereocenters. The van der Waals surface area contributed by atoms with E-state index in [1.54, 1.807) is 38.4 Å². The molecule has 60 heavy (non-hydrogen) atoms. The van der Waals surface area contributed by atoms with Crippen molar-refractivity contribution < 1.29 is 38.0 Å². The summed E-state index contributed by atoms with van der Waals surface area (Å²) in [6, 6.07) is 17.4. The van der Waals surface area contributed by atoms with E-state index < -0.39 is 43.9 Å². The molecule has 0 amide bonds. The van der Waals surface area contributed by atoms with Crippen LogP contribution in [0.3, 0.4) is 0 Å². The zero-order valence-electron chi connectivity index (χ0n) is 40.9. The molecular formula is C50H82ClN2O7+. The van der Waals surface area contributed by atoms with Crippen LogP contribution in [-0.4, -0.2) is 63.0 Å². The van der Waals surface area contributed by atoms with Crippen LogP contribution in [-0.2, 0) is 28.7 Å². The molecule has 0 heterocycles. The van der Waals surface area contributed by atoms with Gasteiger partial charge in [-0.2, -0.15) is 0 Å². The molecular weight excluding hydrogens is 776 g/mol. The Hall–Kier alpha value is -3.14. The van der Waals surface area contributed by atoms with Gasteiger partial charge in [-0.3, -0.25) is 9.59 Å². The highest BCUT2D eigenvalue weighted by molar-refractivity contribution is 6.30. The smallest absolute Gasteiger partial charge is 0.367 e. The average Bonchev–Trinajstić information content (AvgIpc) is 3.14. The van der Waals surface area contributed by atoms with Gasteiger partial charge < -0.3 is 19.0 Å². The van der Waals surface area contributed by atoms with Gasteiger partial charge in [0.25, 0.3) is 0 Å². The Morgan fingerprint density at radius 1 is 0.683 bits per heavy atom. The monoisotopic (exact) mass is 858 g/mol. The summed E-state index contributed by atoms with van der Waals surface area (Å²) >= 11 is 5.94. The number of unbranched alkanes of at least 4 members (excludes halogenated alkanes) is 1. The van der Waals surface area contributed by atoms with E-state index >= 15 is 4.79 Å². The first-order valence-corrected chi connectivity index (χ1v) is 22.1. The summed E-state index contributed by atoms with van der Waals surface area (Å²) in [4.78, 5) is 48.0. The molecule has 0 saturated carbocycles. The van der Waals surface area contributed by atoms with Crippen LogP contribution in [0, 0.1) is 43.3 Å². The zero-order chi connectivity index (χ0) is 46.4. The summed E-state index contributed by atoms with van der Waals surface area (Å²) < 4.78 is 18.1. The van der Waals surface area contributed by atoms with Gasteiger partial charge in [0.1, 0.15) is 18.9 Å². The number of carbonyl (C=O) groups is 3. The molecule has 0 fully saturated rings. The predicted octanol–water partition coefficient (Wildman–Crippen LogP) is 12.0. The van der Waals surface area contributed by atoms with Crippen molar-refractivity contribution in [3.63, 3.8) is 0 Å². The highest BCUT2D eigenvalue weighted by Gasteiger charge is 2.72. The van der Waals surface area contributed by atoms with Crippen molar-refractivity contribution in [3.05, 3.63) is 65.2 Å². The molecule has 0 saturated heterocycles. The fourth-order valence-corrected chi connectivity index (χ4v) is 9.22. The summed E-state index contributed by atoms with van der Waals surface area (Å²) in [6.07, 6.45) is 2.57. The lowest BCUT2D eigenvalue weighted by Crippen LogP contribution is -2.68. The normalized spacial score (nSPS) is 15.9. The van der Waals surface area contributed by atoms with E-state index in [1.807, 2.05) is 6.92 Å². The van der Waals surface area contributed by atoms with Gasteiger partial charge in [-0.05, 0) is 94.9 Å². The van der Waals surface area contributed by atoms with Crippen LogP contribution >= 0.6 is 11.6 Å². The second-order valence-electron chi connectivity index (χ2n) is 22.2. The number of hydrogen-bond donors (Lipinski definition) is 1. The minimum absolute atomic E-state index is 0.00606. The maximum absolute atomic E-state index is 15.2. The quantitative estimate of drug-likeness (QED) is 0.0436. The molecule has 2 aromatic rings. The van der Waals surface area contributed by atoms with Gasteiger partial charge in [-0.25, -0.2) is 9.39 Å². The lowest BCUT2D eigenvalue weighted by molar-refractivity contribution is -0.958. The lowest BCUT2D eigenvalue weighted by Gasteiger charge is -2.67. The van der Waals surface area contributed by atoms with E-state index in [4.69, 9.17) is 30.6 Å². The minimum Gasteiger partial charge on any atom is -0.482 e. The fourth-order valence-electron chi connectivity index (χ4n) is 9.09. The molecule has 2 aromatic carbocycles. The molecule has 0 aliphatic heterocycles. The Kier molecular flexibility index (Phi) is 17.2. The van der Waals surface area contributed by atoms with Crippen LogP contribution in [0.15, 0.2) is 54.6 Å². The highest BCUT2D eigenvalue weighted by atomic mass is 35.5. The summed E-state index contributed by atoms with van der Waals surface area (Å²) in [7, 11) is 3.61. The van der Waals surface area contributed by atoms with Gasteiger partial charge in [0, 0.05) is 10.6 Å². The summed E-state index contributed by atoms with van der Waals surface area (Å²) in [5.41, 5.74) is -1.72. The number of quaternary nitrogens is 1. The Balaban J connectivity index is 2.57. The maximum Gasteiger partial charge on any atom is 0.367 e. The van der Waals surface area contributed by atoms with Crippen molar-refractivity contribution in [2.24, 2.45) is 43.3 Å². The number of likely N-dealkylation sites (N-methyl/N-ethyl adjacent to an activating group) is 1. The standard InChI is InChI=1S/C50H82ClN2O7/c1-20-21-32-57-42(56)50(17,46(10,11)45(8,9)39(34-43(2,3)4)36-25-23-22-24-26-36)48(14,15)47(12,13)49(16,44(5,6)7)41(55)58-33-31-53(18,19)52-60-40(54)35-59-38-29-27-37(51)28-30-38/h22-30,39,52H,20-21,31-35H2,1-19H3/q+1. The fraction of sp³-hybridized carbons (Fsp3) is 0.700. The molecule has 0 aliphatic rings. The second kappa shape index (κ2) is 19.5. The summed E-state index contributed by atoms with van der Waals surface area (Å²) in [6.45, 7) is 37.2. The molecule has 2 rings (SSSR count). The van der Waals surface area contributed by atoms with Gasteiger partial charge in [-0.1, -0.05) is 152 Å². The predicted molar refractivity (Wildman–Crippen MR) is 244 cm³/mol. The van der Waals surface area contributed by atoms with Crippen LogP contribution in [0.25, 0.3) is 0 Å². The van der Waals surface area contributed by atoms with Crippen molar-refractivity contribution >= 4 is 29.5 Å². The highest BCUT2D eigenvalue weighted by Crippen LogP contribution is 2.72. The molecule has 0 aromatic heterocycles. The molecule has 0 bridgehead atoms. The van der Waals surface area contributed by atoms with Gasteiger partial charge in [0.2, 0.25) is 0 Å². The first-order valence-electron chi connectivity index (χ1n) is 21.8. The molecule has 3 atom stereocenters. The van der Waals surface area contributed by atoms with Crippen molar-refractivity contribution in [3.8, 4) is 5.75 Å². The summed E-state index contributed by atoms with van der Waals surface area (Å²) in [5, 5.41) is 0.565. The van der Waals surface area contributed by atoms with Crippen LogP contribution in [0.4, 0.5) is 0 Å². The van der Waals surface area contributed by atoms with Gasteiger partial charge in [-0.15, -0.1) is 0 Å². The van der Waals surface area contributed by atoms with E-state index in [9.17, 15) is 9.59 Å². The number of nitrogens with zero attached hydrogens (tertiary/aromatic N) is 1. The van der Waals surface area contributed by atoms with Gasteiger partial charge in [0.15, 0.2) is 6.61 Å². The summed E-state index contributed by atoms with van der Waals surface area (Å²) in [5.74, 6) is -0.649. The third kappa shape index (κ3) is 11.3. The number of hydrogen-bond acceptors (Lipinski definition) is 8. The first kappa shape index (κ1) is 53.0. The van der Waals surface area contributed by atoms with E-state index in [0.717, 1.165) is 19.3 Å². The number of esters is 2. The van der Waals surface area contributed by atoms with Crippen molar-refractivity contribution in [1.29, 1.82) is 0 Å². The van der Waals surface area contributed by atoms with Gasteiger partial charge >= 0.3 is 17.9 Å². The number of rotatable bonds is 21. The number of carbonyl (C=O) groups excluding carboxylic acids is 3. The van der Waals surface area contributed by atoms with Crippen LogP contribution < -0.4 is 10.3 Å². The Morgan fingerprint density at radius 2 is 1.18 bits per heavy atom. The van der Waals surface area contributed by atoms with Crippen LogP contribution in [0.2, 0.25) is 5.02 Å². The van der Waals surface area contributed by atoms with E-state index in [1.165, 1.54) is 5.56 Å². The number of halogens is 1. The maximum atomic E-state index is 15.2. The molecule has 1 N–H and O–H groups in total.